The Bertz CT molecular complexity index is 356. The zero-order chi connectivity index (χ0) is 9.68. The first-order valence-electron chi connectivity index (χ1n) is 4.07. The van der Waals surface area contributed by atoms with Crippen LogP contribution in [0, 0.1) is 13.8 Å². The highest BCUT2D eigenvalue weighted by Gasteiger charge is 1.95. The molecule has 1 aromatic heterocycles. The minimum absolute atomic E-state index is 0.397. The van der Waals surface area contributed by atoms with E-state index in [9.17, 15) is 0 Å². The molecule has 68 valence electrons. The van der Waals surface area contributed by atoms with Gasteiger partial charge in [-0.05, 0) is 37.1 Å². The van der Waals surface area contributed by atoms with Gasteiger partial charge >= 0.3 is 0 Å². The minimum Gasteiger partial charge on any atom is -0.359 e. The number of aromatic amines is 1. The summed E-state index contributed by atoms with van der Waals surface area (Å²) in [6, 6.07) is 2.08. The van der Waals surface area contributed by atoms with Gasteiger partial charge in [0, 0.05) is 22.8 Å². The van der Waals surface area contributed by atoms with E-state index in [-0.39, 0.29) is 0 Å². The smallest absolute Gasteiger partial charge is 0.0443 e. The van der Waals surface area contributed by atoms with E-state index in [0.717, 1.165) is 11.4 Å². The van der Waals surface area contributed by atoms with Crippen LogP contribution in [0.1, 0.15) is 17.0 Å². The van der Waals surface area contributed by atoms with Crippen LogP contribution in [-0.4, -0.2) is 11.5 Å². The number of nitrogens with zero attached hydrogens (tertiary/aromatic N) is 3. The number of aryl methyl sites for hydroxylation is 2. The first-order chi connectivity index (χ1) is 6.24. The maximum absolute atomic E-state index is 8.04. The third kappa shape index (κ3) is 2.69. The predicted octanol–water partition coefficient (Wildman–Crippen LogP) is 2.96. The van der Waals surface area contributed by atoms with Gasteiger partial charge in [-0.3, -0.25) is 0 Å². The van der Waals surface area contributed by atoms with Gasteiger partial charge in [-0.25, -0.2) is 0 Å². The summed E-state index contributed by atoms with van der Waals surface area (Å²) in [6.07, 6.45) is 3.76. The highest BCUT2D eigenvalue weighted by Crippen LogP contribution is 2.10. The molecule has 0 aromatic carbocycles. The number of H-pyrrole nitrogens is 1. The molecule has 1 heterocycles. The Balaban J connectivity index is 2.67. The van der Waals surface area contributed by atoms with Gasteiger partial charge in [0.1, 0.15) is 0 Å². The fourth-order valence-electron chi connectivity index (χ4n) is 1.18. The van der Waals surface area contributed by atoms with E-state index in [2.05, 4.69) is 21.1 Å². The van der Waals surface area contributed by atoms with Gasteiger partial charge in [-0.2, -0.15) is 0 Å². The number of nitrogens with one attached hydrogen (secondary N) is 1. The SMILES string of the molecule is Cc1cc(C)c(C=CCN=[N+]=[N-])[nH]1. The summed E-state index contributed by atoms with van der Waals surface area (Å²) < 4.78 is 0. The van der Waals surface area contributed by atoms with Crippen molar-refractivity contribution < 1.29 is 0 Å². The highest BCUT2D eigenvalue weighted by molar-refractivity contribution is 5.50. The van der Waals surface area contributed by atoms with E-state index >= 15 is 0 Å². The van der Waals surface area contributed by atoms with Crippen molar-refractivity contribution in [2.24, 2.45) is 5.11 Å². The van der Waals surface area contributed by atoms with Crippen LogP contribution in [0.5, 0.6) is 0 Å². The monoisotopic (exact) mass is 176 g/mol. The lowest BCUT2D eigenvalue weighted by Crippen LogP contribution is -1.76. The second-order valence-corrected chi connectivity index (χ2v) is 2.86. The molecule has 0 bridgehead atoms. The summed E-state index contributed by atoms with van der Waals surface area (Å²) in [4.78, 5) is 5.86. The Kier molecular flexibility index (Phi) is 3.17. The van der Waals surface area contributed by atoms with Crippen LogP contribution in [0.15, 0.2) is 17.3 Å². The lowest BCUT2D eigenvalue weighted by molar-refractivity contribution is 1.21. The fraction of sp³-hybridized carbons (Fsp3) is 0.333. The van der Waals surface area contributed by atoms with Crippen LogP contribution >= 0.6 is 0 Å². The van der Waals surface area contributed by atoms with Crippen LogP contribution in [0.2, 0.25) is 0 Å². The Morgan fingerprint density at radius 3 is 2.92 bits per heavy atom. The molecule has 0 unspecified atom stereocenters. The van der Waals surface area contributed by atoms with Crippen molar-refractivity contribution in [3.05, 3.63) is 39.5 Å². The molecule has 0 aliphatic rings. The van der Waals surface area contributed by atoms with Gasteiger partial charge in [0.15, 0.2) is 0 Å². The van der Waals surface area contributed by atoms with Crippen molar-refractivity contribution in [1.29, 1.82) is 0 Å². The lowest BCUT2D eigenvalue weighted by atomic mass is 10.2. The Morgan fingerprint density at radius 2 is 2.38 bits per heavy atom. The van der Waals surface area contributed by atoms with Gasteiger partial charge in [-0.15, -0.1) is 0 Å². The zero-order valence-corrected chi connectivity index (χ0v) is 7.78. The molecular weight excluding hydrogens is 164 g/mol. The molecule has 1 N–H and O–H groups in total. The van der Waals surface area contributed by atoms with Gasteiger partial charge in [-0.1, -0.05) is 11.2 Å². The number of hydrogen-bond donors (Lipinski definition) is 1. The summed E-state index contributed by atoms with van der Waals surface area (Å²) in [6.45, 7) is 4.45. The molecule has 0 atom stereocenters. The largest absolute Gasteiger partial charge is 0.359 e. The number of aromatic nitrogens is 1. The van der Waals surface area contributed by atoms with Crippen LogP contribution < -0.4 is 0 Å². The van der Waals surface area contributed by atoms with E-state index in [1.807, 2.05) is 26.0 Å². The lowest BCUT2D eigenvalue weighted by Gasteiger charge is -1.88. The number of hydrogen-bond acceptors (Lipinski definition) is 1. The molecule has 0 aliphatic carbocycles. The minimum atomic E-state index is 0.397. The molecule has 1 aromatic rings. The van der Waals surface area contributed by atoms with E-state index in [4.69, 9.17) is 5.53 Å². The maximum Gasteiger partial charge on any atom is 0.0443 e. The molecule has 0 radical (unpaired) electrons. The molecule has 0 saturated heterocycles. The average Bonchev–Trinajstić information content (AvgIpc) is 2.39. The van der Waals surface area contributed by atoms with Crippen molar-refractivity contribution in [1.82, 2.24) is 4.98 Å². The fourth-order valence-corrected chi connectivity index (χ4v) is 1.18. The first-order valence-corrected chi connectivity index (χ1v) is 4.07. The molecule has 0 fully saturated rings. The molecule has 0 saturated carbocycles. The summed E-state index contributed by atoms with van der Waals surface area (Å²) in [5, 5.41) is 3.40. The summed E-state index contributed by atoms with van der Waals surface area (Å²) in [7, 11) is 0. The second kappa shape index (κ2) is 4.38. The molecule has 4 heteroatoms. The summed E-state index contributed by atoms with van der Waals surface area (Å²) in [5.41, 5.74) is 11.5. The van der Waals surface area contributed by atoms with E-state index in [1.165, 1.54) is 5.56 Å². The summed E-state index contributed by atoms with van der Waals surface area (Å²) >= 11 is 0. The van der Waals surface area contributed by atoms with Crippen molar-refractivity contribution in [2.75, 3.05) is 6.54 Å². The number of rotatable bonds is 3. The normalized spacial score (nSPS) is 10.3. The van der Waals surface area contributed by atoms with Crippen LogP contribution in [0.4, 0.5) is 0 Å². The molecule has 1 rings (SSSR count). The van der Waals surface area contributed by atoms with Gasteiger partial charge in [0.05, 0.1) is 0 Å². The molecule has 4 nitrogen and oxygen atoms in total. The molecule has 0 spiro atoms. The van der Waals surface area contributed by atoms with E-state index in [1.54, 1.807) is 0 Å². The van der Waals surface area contributed by atoms with Gasteiger partial charge < -0.3 is 4.98 Å². The van der Waals surface area contributed by atoms with Crippen LogP contribution in [0.25, 0.3) is 16.5 Å². The number of azide groups is 1. The van der Waals surface area contributed by atoms with Crippen molar-refractivity contribution in [3.8, 4) is 0 Å². The zero-order valence-electron chi connectivity index (χ0n) is 7.78. The van der Waals surface area contributed by atoms with Crippen molar-refractivity contribution >= 4 is 6.08 Å². The first kappa shape index (κ1) is 9.42. The average molecular weight is 176 g/mol. The third-order valence-electron chi connectivity index (χ3n) is 1.72. The standard InChI is InChI=1S/C9H12N4/c1-7-6-8(2)12-9(7)4-3-5-11-13-10/h3-4,6,12H,5H2,1-2H3. The topological polar surface area (TPSA) is 64.6 Å². The molecule has 13 heavy (non-hydrogen) atoms. The Morgan fingerprint density at radius 1 is 1.62 bits per heavy atom. The van der Waals surface area contributed by atoms with Crippen molar-refractivity contribution in [2.45, 2.75) is 13.8 Å². The van der Waals surface area contributed by atoms with Crippen LogP contribution in [0.3, 0.4) is 0 Å². The second-order valence-electron chi connectivity index (χ2n) is 2.86. The Labute approximate surface area is 76.9 Å². The molecule has 0 amide bonds. The quantitative estimate of drug-likeness (QED) is 0.418. The molecule has 0 aliphatic heterocycles. The van der Waals surface area contributed by atoms with Gasteiger partial charge in [0.2, 0.25) is 0 Å². The Hall–Kier alpha value is -1.67. The summed E-state index contributed by atoms with van der Waals surface area (Å²) in [5.74, 6) is 0. The van der Waals surface area contributed by atoms with Gasteiger partial charge in [0.25, 0.3) is 0 Å². The van der Waals surface area contributed by atoms with Crippen molar-refractivity contribution in [3.63, 3.8) is 0 Å². The maximum atomic E-state index is 8.04. The molecular formula is C9H12N4. The predicted molar refractivity (Wildman–Crippen MR) is 53.3 cm³/mol. The van der Waals surface area contributed by atoms with Crippen LogP contribution in [-0.2, 0) is 0 Å². The van der Waals surface area contributed by atoms with E-state index < -0.39 is 0 Å². The third-order valence-corrected chi connectivity index (χ3v) is 1.72. The highest BCUT2D eigenvalue weighted by atomic mass is 15.1. The van der Waals surface area contributed by atoms with E-state index in [0.29, 0.717) is 6.54 Å².